The van der Waals surface area contributed by atoms with E-state index in [9.17, 15) is 37.8 Å². The molecule has 42 heavy (non-hydrogen) atoms. The molecule has 0 unspecified atom stereocenters. The Kier molecular flexibility index (Phi) is 8.41. The van der Waals surface area contributed by atoms with Gasteiger partial charge in [-0.3, -0.25) is 10.1 Å². The standard InChI is InChI=1S/C28H28F3N5O5S/c1-5-32-26(41)35-22-9-15(24-34-20(13-42-24)28(29,30)31)17(10-33-22)14-6-7-19-16(8-14)23(38)18(25(39)40)11-36(19)21(12-37)27(2,3)4/h6-11,13,21,37H,5,12H2,1-4H3,(H,39,40)(H2,32,33,35,41)/t21-/m1/s1. The summed E-state index contributed by atoms with van der Waals surface area (Å²) in [4.78, 5) is 45.4. The highest BCUT2D eigenvalue weighted by Gasteiger charge is 2.34. The number of urea groups is 1. The van der Waals surface area contributed by atoms with E-state index in [1.807, 2.05) is 20.8 Å². The largest absolute Gasteiger partial charge is 0.477 e. The lowest BCUT2D eigenvalue weighted by Crippen LogP contribution is -2.30. The lowest BCUT2D eigenvalue weighted by Gasteiger charge is -2.32. The number of benzene rings is 1. The number of aromatic carboxylic acids is 1. The number of anilines is 1. The molecule has 4 aromatic rings. The number of rotatable bonds is 7. The van der Waals surface area contributed by atoms with E-state index in [2.05, 4.69) is 20.6 Å². The van der Waals surface area contributed by atoms with E-state index in [1.54, 1.807) is 23.6 Å². The average Bonchev–Trinajstić information content (AvgIpc) is 3.40. The summed E-state index contributed by atoms with van der Waals surface area (Å²) in [5.74, 6) is -1.40. The fourth-order valence-corrected chi connectivity index (χ4v) is 5.35. The third kappa shape index (κ3) is 6.14. The number of pyridine rings is 2. The first-order chi connectivity index (χ1) is 19.6. The number of halogens is 3. The highest BCUT2D eigenvalue weighted by Crippen LogP contribution is 2.39. The summed E-state index contributed by atoms with van der Waals surface area (Å²) in [6, 6.07) is 4.86. The van der Waals surface area contributed by atoms with Gasteiger partial charge in [0.1, 0.15) is 16.4 Å². The van der Waals surface area contributed by atoms with Gasteiger partial charge >= 0.3 is 18.2 Å². The number of hydrogen-bond acceptors (Lipinski definition) is 7. The van der Waals surface area contributed by atoms with Crippen molar-refractivity contribution in [3.8, 4) is 21.7 Å². The predicted octanol–water partition coefficient (Wildman–Crippen LogP) is 5.62. The predicted molar refractivity (Wildman–Crippen MR) is 153 cm³/mol. The van der Waals surface area contributed by atoms with Crippen molar-refractivity contribution in [2.75, 3.05) is 18.5 Å². The van der Waals surface area contributed by atoms with Crippen LogP contribution in [0.25, 0.3) is 32.6 Å². The molecule has 3 heterocycles. The molecule has 0 radical (unpaired) electrons. The van der Waals surface area contributed by atoms with E-state index >= 15 is 0 Å². The van der Waals surface area contributed by atoms with Crippen molar-refractivity contribution in [3.05, 3.63) is 63.5 Å². The molecule has 0 aliphatic carbocycles. The molecular formula is C28H28F3N5O5S. The molecule has 14 heteroatoms. The Labute approximate surface area is 241 Å². The van der Waals surface area contributed by atoms with Gasteiger partial charge in [-0.15, -0.1) is 11.3 Å². The first-order valence-electron chi connectivity index (χ1n) is 12.8. The lowest BCUT2D eigenvalue weighted by atomic mass is 9.86. The van der Waals surface area contributed by atoms with Gasteiger partial charge in [-0.05, 0) is 36.1 Å². The van der Waals surface area contributed by atoms with Gasteiger partial charge < -0.3 is 20.1 Å². The minimum atomic E-state index is -4.68. The van der Waals surface area contributed by atoms with Crippen molar-refractivity contribution in [2.24, 2.45) is 5.41 Å². The Bertz CT molecular complexity index is 1730. The maximum atomic E-state index is 13.4. The number of alkyl halides is 3. The summed E-state index contributed by atoms with van der Waals surface area (Å²) in [7, 11) is 0. The van der Waals surface area contributed by atoms with Crippen molar-refractivity contribution in [2.45, 2.75) is 39.9 Å². The zero-order chi connectivity index (χ0) is 31.0. The Balaban J connectivity index is 1.97. The number of nitrogens with one attached hydrogen (secondary N) is 2. The SMILES string of the molecule is CCNC(=O)Nc1cc(-c2nc(C(F)(F)F)cs2)c(-c2ccc3c(c2)c(=O)c(C(=O)O)cn3[C@H](CO)C(C)(C)C)cn1. The van der Waals surface area contributed by atoms with Crippen LogP contribution in [-0.2, 0) is 6.18 Å². The molecule has 0 saturated carbocycles. The van der Waals surface area contributed by atoms with Crippen molar-refractivity contribution in [3.63, 3.8) is 0 Å². The van der Waals surface area contributed by atoms with Crippen LogP contribution in [-0.4, -0.2) is 49.9 Å². The number of fused-ring (bicyclic) bond motifs is 1. The number of aliphatic hydroxyl groups excluding tert-OH is 1. The molecule has 4 rings (SSSR count). The molecule has 0 fully saturated rings. The zero-order valence-electron chi connectivity index (χ0n) is 23.0. The fourth-order valence-electron chi connectivity index (χ4n) is 4.49. The van der Waals surface area contributed by atoms with Crippen LogP contribution in [0.2, 0.25) is 0 Å². The molecular weight excluding hydrogens is 575 g/mol. The molecule has 0 aliphatic rings. The number of carboxylic acids is 1. The van der Waals surface area contributed by atoms with Crippen molar-refractivity contribution in [1.82, 2.24) is 19.9 Å². The number of carbonyl (C=O) groups is 2. The van der Waals surface area contributed by atoms with E-state index in [0.717, 1.165) is 16.7 Å². The van der Waals surface area contributed by atoms with Gasteiger partial charge in [0, 0.05) is 40.8 Å². The molecule has 0 bridgehead atoms. The van der Waals surface area contributed by atoms with Gasteiger partial charge in [0.2, 0.25) is 5.43 Å². The third-order valence-corrected chi connectivity index (χ3v) is 7.47. The molecule has 222 valence electrons. The van der Waals surface area contributed by atoms with Crippen LogP contribution in [0.3, 0.4) is 0 Å². The minimum Gasteiger partial charge on any atom is -0.477 e. The highest BCUT2D eigenvalue weighted by atomic mass is 32.1. The topological polar surface area (TPSA) is 146 Å². The number of carboxylic acid groups (broad SMARTS) is 1. The molecule has 0 aliphatic heterocycles. The number of thiazole rings is 1. The third-order valence-electron chi connectivity index (χ3n) is 6.59. The van der Waals surface area contributed by atoms with Gasteiger partial charge in [-0.25, -0.2) is 19.6 Å². The van der Waals surface area contributed by atoms with Crippen LogP contribution in [0.1, 0.15) is 49.8 Å². The Hall–Kier alpha value is -4.30. The quantitative estimate of drug-likeness (QED) is 0.214. The average molecular weight is 604 g/mol. The number of aliphatic hydroxyl groups is 1. The zero-order valence-corrected chi connectivity index (χ0v) is 23.9. The minimum absolute atomic E-state index is 0.0106. The molecule has 0 spiro atoms. The van der Waals surface area contributed by atoms with Crippen LogP contribution in [0.4, 0.5) is 23.8 Å². The Morgan fingerprint density at radius 3 is 2.43 bits per heavy atom. The first-order valence-corrected chi connectivity index (χ1v) is 13.6. The number of hydrogen-bond donors (Lipinski definition) is 4. The lowest BCUT2D eigenvalue weighted by molar-refractivity contribution is -0.140. The number of carbonyl (C=O) groups excluding carboxylic acids is 1. The van der Waals surface area contributed by atoms with Crippen LogP contribution in [0.5, 0.6) is 0 Å². The van der Waals surface area contributed by atoms with E-state index in [4.69, 9.17) is 0 Å². The summed E-state index contributed by atoms with van der Waals surface area (Å²) in [6.07, 6.45) is -2.14. The normalized spacial score (nSPS) is 12.8. The van der Waals surface area contributed by atoms with Gasteiger partial charge in [-0.2, -0.15) is 13.2 Å². The summed E-state index contributed by atoms with van der Waals surface area (Å²) in [5.41, 5.74) is -1.67. The fraction of sp³-hybridized carbons (Fsp3) is 0.321. The monoisotopic (exact) mass is 603 g/mol. The van der Waals surface area contributed by atoms with Crippen molar-refractivity contribution >= 4 is 40.1 Å². The second kappa shape index (κ2) is 11.5. The molecule has 1 atom stereocenters. The van der Waals surface area contributed by atoms with E-state index < -0.39 is 46.3 Å². The van der Waals surface area contributed by atoms with Crippen LogP contribution in [0.15, 0.2) is 46.8 Å². The van der Waals surface area contributed by atoms with E-state index in [0.29, 0.717) is 23.2 Å². The summed E-state index contributed by atoms with van der Waals surface area (Å²) in [6.45, 7) is 7.31. The van der Waals surface area contributed by atoms with Gasteiger partial charge in [0.15, 0.2) is 5.69 Å². The van der Waals surface area contributed by atoms with Crippen LogP contribution < -0.4 is 16.1 Å². The Morgan fingerprint density at radius 2 is 1.86 bits per heavy atom. The van der Waals surface area contributed by atoms with Gasteiger partial charge in [0.25, 0.3) is 0 Å². The van der Waals surface area contributed by atoms with Gasteiger partial charge in [0.05, 0.1) is 18.2 Å². The summed E-state index contributed by atoms with van der Waals surface area (Å²) >= 11 is 0.743. The molecule has 1 aromatic carbocycles. The van der Waals surface area contributed by atoms with Crippen molar-refractivity contribution in [1.29, 1.82) is 0 Å². The first kappa shape index (κ1) is 30.7. The van der Waals surface area contributed by atoms with E-state index in [-0.39, 0.29) is 28.4 Å². The summed E-state index contributed by atoms with van der Waals surface area (Å²) < 4.78 is 41.7. The second-order valence-electron chi connectivity index (χ2n) is 10.5. The smallest absolute Gasteiger partial charge is 0.434 e. The maximum absolute atomic E-state index is 13.4. The Morgan fingerprint density at radius 1 is 1.14 bits per heavy atom. The maximum Gasteiger partial charge on any atom is 0.434 e. The highest BCUT2D eigenvalue weighted by molar-refractivity contribution is 7.13. The number of aromatic nitrogens is 3. The molecule has 3 aromatic heterocycles. The molecule has 4 N–H and O–H groups in total. The molecule has 10 nitrogen and oxygen atoms in total. The van der Waals surface area contributed by atoms with Crippen molar-refractivity contribution < 1.29 is 33.0 Å². The summed E-state index contributed by atoms with van der Waals surface area (Å²) in [5, 5.41) is 25.9. The number of amides is 2. The van der Waals surface area contributed by atoms with Crippen LogP contribution in [0, 0.1) is 5.41 Å². The number of nitrogens with zero attached hydrogens (tertiary/aromatic N) is 3. The van der Waals surface area contributed by atoms with E-state index in [1.165, 1.54) is 24.5 Å². The van der Waals surface area contributed by atoms with Gasteiger partial charge in [-0.1, -0.05) is 26.8 Å². The molecule has 0 saturated heterocycles. The second-order valence-corrected chi connectivity index (χ2v) is 11.4. The molecule has 2 amide bonds. The van der Waals surface area contributed by atoms with Crippen LogP contribution >= 0.6 is 11.3 Å².